The topological polar surface area (TPSA) is 12.0 Å². The quantitative estimate of drug-likeness (QED) is 0.574. The highest BCUT2D eigenvalue weighted by Gasteiger charge is 2.16. The molecule has 19 heavy (non-hydrogen) atoms. The third-order valence-corrected chi connectivity index (χ3v) is 6.98. The van der Waals surface area contributed by atoms with Gasteiger partial charge in [-0.3, -0.25) is 0 Å². The van der Waals surface area contributed by atoms with Crippen molar-refractivity contribution in [3.05, 3.63) is 53.5 Å². The fourth-order valence-electron chi connectivity index (χ4n) is 1.94. The summed E-state index contributed by atoms with van der Waals surface area (Å²) < 4.78 is 3.45. The van der Waals surface area contributed by atoms with Crippen LogP contribution in [0, 0.1) is 0 Å². The standard InChI is InChI=1S/C14H14Br3NS/c1-2-18-12(13-8-11(16)14(17)19-13)7-9-5-3-4-6-10(9)15/h3-6,8,12,18H,2,7H2,1H3. The smallest absolute Gasteiger partial charge is 0.0843 e. The van der Waals surface area contributed by atoms with Crippen LogP contribution in [0.3, 0.4) is 0 Å². The minimum absolute atomic E-state index is 0.344. The lowest BCUT2D eigenvalue weighted by Crippen LogP contribution is -2.22. The van der Waals surface area contributed by atoms with Gasteiger partial charge in [0.05, 0.1) is 3.79 Å². The first-order chi connectivity index (χ1) is 9.11. The van der Waals surface area contributed by atoms with Gasteiger partial charge in [0, 0.05) is 19.9 Å². The summed E-state index contributed by atoms with van der Waals surface area (Å²) >= 11 is 12.5. The maximum atomic E-state index is 3.63. The molecule has 1 unspecified atom stereocenters. The van der Waals surface area contributed by atoms with E-state index in [0.717, 1.165) is 21.2 Å². The van der Waals surface area contributed by atoms with Crippen molar-refractivity contribution < 1.29 is 0 Å². The molecule has 1 aromatic heterocycles. The molecule has 0 aliphatic carbocycles. The van der Waals surface area contributed by atoms with E-state index in [9.17, 15) is 0 Å². The van der Waals surface area contributed by atoms with Crippen LogP contribution in [0.4, 0.5) is 0 Å². The molecule has 1 N–H and O–H groups in total. The molecule has 0 saturated carbocycles. The molecule has 5 heteroatoms. The second-order valence-electron chi connectivity index (χ2n) is 4.18. The lowest BCUT2D eigenvalue weighted by molar-refractivity contribution is 0.557. The van der Waals surface area contributed by atoms with Crippen molar-refractivity contribution in [3.63, 3.8) is 0 Å². The van der Waals surface area contributed by atoms with Crippen LogP contribution >= 0.6 is 59.1 Å². The monoisotopic (exact) mass is 465 g/mol. The van der Waals surface area contributed by atoms with Gasteiger partial charge in [-0.1, -0.05) is 41.1 Å². The molecule has 1 nitrogen and oxygen atoms in total. The van der Waals surface area contributed by atoms with E-state index >= 15 is 0 Å². The van der Waals surface area contributed by atoms with Crippen molar-refractivity contribution in [1.29, 1.82) is 0 Å². The summed E-state index contributed by atoms with van der Waals surface area (Å²) in [6.07, 6.45) is 0.981. The fourth-order valence-corrected chi connectivity index (χ4v) is 4.55. The highest BCUT2D eigenvalue weighted by molar-refractivity contribution is 9.13. The maximum Gasteiger partial charge on any atom is 0.0843 e. The third-order valence-electron chi connectivity index (χ3n) is 2.84. The lowest BCUT2D eigenvalue weighted by atomic mass is 10.0. The first-order valence-electron chi connectivity index (χ1n) is 6.03. The normalized spacial score (nSPS) is 12.6. The van der Waals surface area contributed by atoms with Crippen LogP contribution in [0.1, 0.15) is 23.4 Å². The van der Waals surface area contributed by atoms with Gasteiger partial charge in [-0.25, -0.2) is 0 Å². The zero-order chi connectivity index (χ0) is 13.8. The van der Waals surface area contributed by atoms with Crippen molar-refractivity contribution in [1.82, 2.24) is 5.32 Å². The number of rotatable bonds is 5. The minimum Gasteiger partial charge on any atom is -0.309 e. The molecular formula is C14H14Br3NS. The predicted octanol–water partition coefficient (Wildman–Crippen LogP) is 5.93. The first kappa shape index (κ1) is 15.7. The Kier molecular flexibility index (Phi) is 6.09. The SMILES string of the molecule is CCNC(Cc1ccccc1Br)c1cc(Br)c(Br)s1. The van der Waals surface area contributed by atoms with Crippen molar-refractivity contribution >= 4 is 59.1 Å². The Morgan fingerprint density at radius 2 is 1.89 bits per heavy atom. The van der Waals surface area contributed by atoms with Gasteiger partial charge in [-0.2, -0.15) is 0 Å². The Labute approximate surface area is 143 Å². The lowest BCUT2D eigenvalue weighted by Gasteiger charge is -2.17. The van der Waals surface area contributed by atoms with E-state index in [0.29, 0.717) is 6.04 Å². The van der Waals surface area contributed by atoms with Crippen LogP contribution in [0.15, 0.2) is 43.1 Å². The van der Waals surface area contributed by atoms with Crippen LogP contribution in [-0.4, -0.2) is 6.54 Å². The second kappa shape index (κ2) is 7.36. The van der Waals surface area contributed by atoms with Crippen molar-refractivity contribution in [2.45, 2.75) is 19.4 Å². The molecule has 0 aliphatic heterocycles. The van der Waals surface area contributed by atoms with Gasteiger partial charge in [0.25, 0.3) is 0 Å². The molecule has 2 aromatic rings. The molecule has 0 radical (unpaired) electrons. The molecule has 0 saturated heterocycles. The summed E-state index contributed by atoms with van der Waals surface area (Å²) in [7, 11) is 0. The summed E-state index contributed by atoms with van der Waals surface area (Å²) in [4.78, 5) is 1.34. The molecule has 0 spiro atoms. The zero-order valence-electron chi connectivity index (χ0n) is 10.4. The average Bonchev–Trinajstić information content (AvgIpc) is 2.72. The first-order valence-corrected chi connectivity index (χ1v) is 9.23. The van der Waals surface area contributed by atoms with Crippen LogP contribution in [-0.2, 0) is 6.42 Å². The van der Waals surface area contributed by atoms with Gasteiger partial charge in [-0.15, -0.1) is 11.3 Å². The van der Waals surface area contributed by atoms with E-state index < -0.39 is 0 Å². The Morgan fingerprint density at radius 3 is 2.47 bits per heavy atom. The maximum absolute atomic E-state index is 3.63. The van der Waals surface area contributed by atoms with E-state index in [1.54, 1.807) is 11.3 Å². The summed E-state index contributed by atoms with van der Waals surface area (Å²) in [6.45, 7) is 3.10. The number of hydrogen-bond donors (Lipinski definition) is 1. The Morgan fingerprint density at radius 1 is 1.16 bits per heavy atom. The summed E-state index contributed by atoms with van der Waals surface area (Å²) in [6, 6.07) is 10.9. The summed E-state index contributed by atoms with van der Waals surface area (Å²) in [5.74, 6) is 0. The summed E-state index contributed by atoms with van der Waals surface area (Å²) in [5, 5.41) is 3.56. The van der Waals surface area contributed by atoms with E-state index in [4.69, 9.17) is 0 Å². The Balaban J connectivity index is 2.23. The van der Waals surface area contributed by atoms with Crippen molar-refractivity contribution in [2.75, 3.05) is 6.54 Å². The molecule has 1 atom stereocenters. The molecular weight excluding hydrogens is 454 g/mol. The molecule has 0 amide bonds. The predicted molar refractivity (Wildman–Crippen MR) is 94.0 cm³/mol. The van der Waals surface area contributed by atoms with Gasteiger partial charge < -0.3 is 5.32 Å². The molecule has 0 bridgehead atoms. The van der Waals surface area contributed by atoms with Gasteiger partial charge >= 0.3 is 0 Å². The summed E-state index contributed by atoms with van der Waals surface area (Å²) in [5.41, 5.74) is 1.33. The Bertz CT molecular complexity index is 534. The van der Waals surface area contributed by atoms with Crippen LogP contribution in [0.2, 0.25) is 0 Å². The number of halogens is 3. The second-order valence-corrected chi connectivity index (χ2v) is 8.29. The Hall–Kier alpha value is 0.320. The highest BCUT2D eigenvalue weighted by Crippen LogP contribution is 2.37. The number of thiophene rings is 1. The third kappa shape index (κ3) is 4.14. The number of hydrogen-bond acceptors (Lipinski definition) is 2. The molecule has 102 valence electrons. The van der Waals surface area contributed by atoms with Gasteiger partial charge in [-0.05, 0) is 62.5 Å². The zero-order valence-corrected chi connectivity index (χ0v) is 16.0. The average molecular weight is 468 g/mol. The number of benzene rings is 1. The van der Waals surface area contributed by atoms with Crippen molar-refractivity contribution in [2.24, 2.45) is 0 Å². The van der Waals surface area contributed by atoms with E-state index in [-0.39, 0.29) is 0 Å². The van der Waals surface area contributed by atoms with Crippen LogP contribution in [0.5, 0.6) is 0 Å². The number of nitrogens with one attached hydrogen (secondary N) is 1. The van der Waals surface area contributed by atoms with Gasteiger partial charge in [0.1, 0.15) is 0 Å². The largest absolute Gasteiger partial charge is 0.309 e. The molecule has 0 aliphatic rings. The molecule has 1 aromatic carbocycles. The van der Waals surface area contributed by atoms with E-state index in [1.807, 2.05) is 6.07 Å². The molecule has 2 rings (SSSR count). The molecule has 1 heterocycles. The van der Waals surface area contributed by atoms with E-state index in [1.165, 1.54) is 14.9 Å². The minimum atomic E-state index is 0.344. The van der Waals surface area contributed by atoms with Crippen LogP contribution in [0.25, 0.3) is 0 Å². The fraction of sp³-hybridized carbons (Fsp3) is 0.286. The highest BCUT2D eigenvalue weighted by atomic mass is 79.9. The van der Waals surface area contributed by atoms with E-state index in [2.05, 4.69) is 84.3 Å². The van der Waals surface area contributed by atoms with Crippen LogP contribution < -0.4 is 5.32 Å². The van der Waals surface area contributed by atoms with Gasteiger partial charge in [0.2, 0.25) is 0 Å². The van der Waals surface area contributed by atoms with Crippen molar-refractivity contribution in [3.8, 4) is 0 Å². The molecule has 0 fully saturated rings. The number of likely N-dealkylation sites (N-methyl/N-ethyl adjacent to an activating group) is 1. The van der Waals surface area contributed by atoms with Gasteiger partial charge in [0.15, 0.2) is 0 Å².